The monoisotopic (exact) mass is 200 g/mol. The summed E-state index contributed by atoms with van der Waals surface area (Å²) in [7, 11) is 0. The molecule has 0 fully saturated rings. The fourth-order valence-corrected chi connectivity index (χ4v) is 0.687. The molecule has 0 aliphatic carbocycles. The zero-order chi connectivity index (χ0) is 7.66. The Morgan fingerprint density at radius 2 is 2.30 bits per heavy atom. The summed E-state index contributed by atoms with van der Waals surface area (Å²) in [6.07, 6.45) is 7.37. The average molecular weight is 201 g/mol. The van der Waals surface area contributed by atoms with Gasteiger partial charge in [-0.3, -0.25) is 0 Å². The number of unbranched alkanes of at least 4 members (excludes halogenated alkanes) is 2. The smallest absolute Gasteiger partial charge is 0.0221 e. The molecule has 0 spiro atoms. The number of hydrogen-bond donors (Lipinski definition) is 0. The van der Waals surface area contributed by atoms with E-state index in [1.165, 1.54) is 12.8 Å². The highest BCUT2D eigenvalue weighted by molar-refractivity contribution is 9.09. The van der Waals surface area contributed by atoms with Crippen molar-refractivity contribution in [2.45, 2.75) is 26.2 Å². The van der Waals surface area contributed by atoms with Gasteiger partial charge in [0.2, 0.25) is 0 Å². The highest BCUT2D eigenvalue weighted by Crippen LogP contribution is 1.90. The summed E-state index contributed by atoms with van der Waals surface area (Å²) in [5.41, 5.74) is 0. The van der Waals surface area contributed by atoms with Crippen molar-refractivity contribution in [1.29, 1.82) is 0 Å². The van der Waals surface area contributed by atoms with Crippen molar-refractivity contribution in [2.24, 2.45) is 0 Å². The lowest BCUT2D eigenvalue weighted by Gasteiger charge is -1.81. The molecule has 0 N–H and O–H groups in total. The first-order valence-electron chi connectivity index (χ1n) is 3.61. The molecule has 0 aromatic rings. The minimum atomic E-state index is 0.898. The van der Waals surface area contributed by atoms with E-state index in [9.17, 15) is 0 Å². The Morgan fingerprint density at radius 3 is 2.90 bits per heavy atom. The molecule has 1 heteroatoms. The van der Waals surface area contributed by atoms with Crippen LogP contribution in [-0.4, -0.2) is 5.33 Å². The van der Waals surface area contributed by atoms with E-state index < -0.39 is 0 Å². The van der Waals surface area contributed by atoms with Crippen LogP contribution in [0, 0.1) is 11.8 Å². The number of hydrogen-bond acceptors (Lipinski definition) is 0. The van der Waals surface area contributed by atoms with Crippen LogP contribution in [0.25, 0.3) is 0 Å². The van der Waals surface area contributed by atoms with Crippen LogP contribution in [0.5, 0.6) is 0 Å². The molecule has 0 amide bonds. The summed E-state index contributed by atoms with van der Waals surface area (Å²) >= 11 is 3.28. The van der Waals surface area contributed by atoms with Gasteiger partial charge in [-0.05, 0) is 12.5 Å². The van der Waals surface area contributed by atoms with Crippen LogP contribution in [0.2, 0.25) is 0 Å². The molecule has 0 bridgehead atoms. The molecule has 0 aliphatic rings. The molecule has 0 heterocycles. The van der Waals surface area contributed by atoms with Gasteiger partial charge in [-0.1, -0.05) is 47.2 Å². The maximum atomic E-state index is 3.28. The lowest BCUT2D eigenvalue weighted by molar-refractivity contribution is 0.828. The molecule has 0 saturated heterocycles. The van der Waals surface area contributed by atoms with E-state index in [-0.39, 0.29) is 0 Å². The average Bonchev–Trinajstić information content (AvgIpc) is 1.97. The SMILES string of the molecule is CCCCC#C/C=C/CBr. The Kier molecular flexibility index (Phi) is 8.59. The van der Waals surface area contributed by atoms with Crippen LogP contribution in [0.1, 0.15) is 26.2 Å². The van der Waals surface area contributed by atoms with E-state index >= 15 is 0 Å². The second-order valence-electron chi connectivity index (χ2n) is 1.98. The lowest BCUT2D eigenvalue weighted by atomic mass is 10.2. The quantitative estimate of drug-likeness (QED) is 0.374. The standard InChI is InChI=1S/C9H13Br/c1-2-3-4-5-6-7-8-9-10/h7-8H,2-4,9H2,1H3/b8-7+. The molecular formula is C9H13Br. The molecule has 56 valence electrons. The molecule has 0 aromatic heterocycles. The number of halogens is 1. The molecule has 0 nitrogen and oxygen atoms in total. The third kappa shape index (κ3) is 7.78. The summed E-state index contributed by atoms with van der Waals surface area (Å²) in [5.74, 6) is 6.02. The second kappa shape index (κ2) is 8.78. The van der Waals surface area contributed by atoms with Crippen LogP contribution in [0.4, 0.5) is 0 Å². The summed E-state index contributed by atoms with van der Waals surface area (Å²) in [4.78, 5) is 0. The maximum absolute atomic E-state index is 3.28. The van der Waals surface area contributed by atoms with E-state index in [2.05, 4.69) is 34.7 Å². The highest BCUT2D eigenvalue weighted by Gasteiger charge is 1.73. The van der Waals surface area contributed by atoms with Gasteiger partial charge < -0.3 is 0 Å². The van der Waals surface area contributed by atoms with Crippen molar-refractivity contribution in [3.8, 4) is 11.8 Å². The Labute approximate surface area is 71.8 Å². The van der Waals surface area contributed by atoms with Gasteiger partial charge in [0.15, 0.2) is 0 Å². The Hall–Kier alpha value is -0.220. The summed E-state index contributed by atoms with van der Waals surface area (Å²) in [6, 6.07) is 0. The van der Waals surface area contributed by atoms with Gasteiger partial charge in [0.25, 0.3) is 0 Å². The summed E-state index contributed by atoms with van der Waals surface area (Å²) in [6.45, 7) is 2.18. The number of allylic oxidation sites excluding steroid dienone is 2. The fraction of sp³-hybridized carbons (Fsp3) is 0.556. The normalized spacial score (nSPS) is 9.40. The van der Waals surface area contributed by atoms with E-state index in [0.717, 1.165) is 11.8 Å². The zero-order valence-electron chi connectivity index (χ0n) is 6.36. The van der Waals surface area contributed by atoms with Gasteiger partial charge in [-0.2, -0.15) is 0 Å². The van der Waals surface area contributed by atoms with Gasteiger partial charge >= 0.3 is 0 Å². The van der Waals surface area contributed by atoms with E-state index in [0.29, 0.717) is 0 Å². The van der Waals surface area contributed by atoms with Crippen LogP contribution in [0.3, 0.4) is 0 Å². The molecule has 0 unspecified atom stereocenters. The van der Waals surface area contributed by atoms with Crippen molar-refractivity contribution in [1.82, 2.24) is 0 Å². The Morgan fingerprint density at radius 1 is 1.50 bits per heavy atom. The van der Waals surface area contributed by atoms with Gasteiger partial charge in [-0.25, -0.2) is 0 Å². The van der Waals surface area contributed by atoms with Crippen LogP contribution in [0.15, 0.2) is 12.2 Å². The van der Waals surface area contributed by atoms with E-state index in [1.807, 2.05) is 12.2 Å². The third-order valence-electron chi connectivity index (χ3n) is 1.05. The first-order chi connectivity index (χ1) is 4.91. The fourth-order valence-electron chi connectivity index (χ4n) is 0.500. The second-order valence-corrected chi connectivity index (χ2v) is 2.63. The van der Waals surface area contributed by atoms with Crippen molar-refractivity contribution in [2.75, 3.05) is 5.33 Å². The molecule has 0 rings (SSSR count). The molecular weight excluding hydrogens is 188 g/mol. The molecule has 0 atom stereocenters. The first kappa shape index (κ1) is 9.78. The minimum absolute atomic E-state index is 0.898. The maximum Gasteiger partial charge on any atom is 0.0221 e. The molecule has 0 radical (unpaired) electrons. The topological polar surface area (TPSA) is 0 Å². The molecule has 0 aromatic carbocycles. The van der Waals surface area contributed by atoms with Crippen molar-refractivity contribution >= 4 is 15.9 Å². The first-order valence-corrected chi connectivity index (χ1v) is 4.73. The predicted molar refractivity (Wildman–Crippen MR) is 50.2 cm³/mol. The zero-order valence-corrected chi connectivity index (χ0v) is 7.95. The molecule has 0 saturated carbocycles. The largest absolute Gasteiger partial charge is 0.0985 e. The van der Waals surface area contributed by atoms with Crippen molar-refractivity contribution < 1.29 is 0 Å². The number of alkyl halides is 1. The Balaban J connectivity index is 3.22. The highest BCUT2D eigenvalue weighted by atomic mass is 79.9. The minimum Gasteiger partial charge on any atom is -0.0985 e. The summed E-state index contributed by atoms with van der Waals surface area (Å²) < 4.78 is 0. The van der Waals surface area contributed by atoms with Crippen LogP contribution in [-0.2, 0) is 0 Å². The van der Waals surface area contributed by atoms with Crippen LogP contribution < -0.4 is 0 Å². The van der Waals surface area contributed by atoms with Gasteiger partial charge in [0.05, 0.1) is 0 Å². The van der Waals surface area contributed by atoms with Gasteiger partial charge in [0.1, 0.15) is 0 Å². The third-order valence-corrected chi connectivity index (χ3v) is 1.42. The van der Waals surface area contributed by atoms with E-state index in [1.54, 1.807) is 0 Å². The number of rotatable bonds is 3. The lowest BCUT2D eigenvalue weighted by Crippen LogP contribution is -1.65. The molecule has 0 aliphatic heterocycles. The van der Waals surface area contributed by atoms with Crippen LogP contribution >= 0.6 is 15.9 Å². The van der Waals surface area contributed by atoms with Gasteiger partial charge in [-0.15, -0.1) is 0 Å². The van der Waals surface area contributed by atoms with E-state index in [4.69, 9.17) is 0 Å². The van der Waals surface area contributed by atoms with Crippen molar-refractivity contribution in [3.63, 3.8) is 0 Å². The van der Waals surface area contributed by atoms with Gasteiger partial charge in [0, 0.05) is 11.8 Å². The predicted octanol–water partition coefficient (Wildman–Crippen LogP) is 3.13. The molecule has 10 heavy (non-hydrogen) atoms. The summed E-state index contributed by atoms with van der Waals surface area (Å²) in [5, 5.41) is 0.898. The Bertz CT molecular complexity index is 137. The van der Waals surface area contributed by atoms with Crippen molar-refractivity contribution in [3.05, 3.63) is 12.2 Å².